The molecule has 0 bridgehead atoms. The number of hydrogen-bond acceptors (Lipinski definition) is 3. The van der Waals surface area contributed by atoms with Crippen molar-refractivity contribution < 1.29 is 4.74 Å². The molecule has 0 amide bonds. The standard InChI is InChI=1S/C10H21NOS/c1-9(5-7-13-2)11-8-10-4-3-6-12-10/h9-11H,3-8H2,1-2H3. The molecule has 78 valence electrons. The summed E-state index contributed by atoms with van der Waals surface area (Å²) in [5.41, 5.74) is 0. The SMILES string of the molecule is CSCCC(C)NCC1CCCO1. The number of ether oxygens (including phenoxy) is 1. The van der Waals surface area contributed by atoms with Crippen LogP contribution in [0.1, 0.15) is 26.2 Å². The van der Waals surface area contributed by atoms with E-state index in [2.05, 4.69) is 18.5 Å². The second kappa shape index (κ2) is 6.68. The van der Waals surface area contributed by atoms with Gasteiger partial charge in [0.05, 0.1) is 6.10 Å². The Labute approximate surface area is 85.8 Å². The Hall–Kier alpha value is 0.270. The van der Waals surface area contributed by atoms with Crippen LogP contribution in [0.4, 0.5) is 0 Å². The average Bonchev–Trinajstić information content (AvgIpc) is 2.64. The summed E-state index contributed by atoms with van der Waals surface area (Å²) in [4.78, 5) is 0. The largest absolute Gasteiger partial charge is 0.377 e. The fraction of sp³-hybridized carbons (Fsp3) is 1.00. The summed E-state index contributed by atoms with van der Waals surface area (Å²) in [5, 5.41) is 3.52. The van der Waals surface area contributed by atoms with Gasteiger partial charge in [0.2, 0.25) is 0 Å². The summed E-state index contributed by atoms with van der Waals surface area (Å²) in [6.07, 6.45) is 6.38. The second-order valence-electron chi connectivity index (χ2n) is 3.73. The molecular weight excluding hydrogens is 182 g/mol. The van der Waals surface area contributed by atoms with Gasteiger partial charge in [-0.25, -0.2) is 0 Å². The molecule has 0 aromatic carbocycles. The van der Waals surface area contributed by atoms with Crippen molar-refractivity contribution in [3.05, 3.63) is 0 Å². The van der Waals surface area contributed by atoms with E-state index in [1.807, 2.05) is 11.8 Å². The Morgan fingerprint density at radius 3 is 3.08 bits per heavy atom. The number of rotatable bonds is 6. The van der Waals surface area contributed by atoms with Gasteiger partial charge in [0, 0.05) is 19.2 Å². The maximum atomic E-state index is 5.54. The third-order valence-electron chi connectivity index (χ3n) is 2.47. The molecule has 1 rings (SSSR count). The van der Waals surface area contributed by atoms with E-state index in [-0.39, 0.29) is 0 Å². The molecule has 2 atom stereocenters. The first kappa shape index (κ1) is 11.3. The number of hydrogen-bond donors (Lipinski definition) is 1. The van der Waals surface area contributed by atoms with E-state index in [0.29, 0.717) is 12.1 Å². The highest BCUT2D eigenvalue weighted by atomic mass is 32.2. The topological polar surface area (TPSA) is 21.3 Å². The highest BCUT2D eigenvalue weighted by molar-refractivity contribution is 7.98. The molecule has 1 aliphatic heterocycles. The maximum Gasteiger partial charge on any atom is 0.0700 e. The Balaban J connectivity index is 1.97. The van der Waals surface area contributed by atoms with Gasteiger partial charge in [-0.15, -0.1) is 0 Å². The number of thioether (sulfide) groups is 1. The van der Waals surface area contributed by atoms with E-state index < -0.39 is 0 Å². The van der Waals surface area contributed by atoms with Gasteiger partial charge in [-0.3, -0.25) is 0 Å². The molecule has 1 N–H and O–H groups in total. The zero-order valence-electron chi connectivity index (χ0n) is 8.71. The van der Waals surface area contributed by atoms with E-state index in [0.717, 1.165) is 13.2 Å². The van der Waals surface area contributed by atoms with Crippen molar-refractivity contribution in [3.8, 4) is 0 Å². The highest BCUT2D eigenvalue weighted by Crippen LogP contribution is 2.11. The van der Waals surface area contributed by atoms with Gasteiger partial charge in [-0.1, -0.05) is 0 Å². The maximum absolute atomic E-state index is 5.54. The first-order valence-corrected chi connectivity index (χ1v) is 6.56. The van der Waals surface area contributed by atoms with E-state index >= 15 is 0 Å². The Kier molecular flexibility index (Phi) is 5.83. The summed E-state index contributed by atoms with van der Waals surface area (Å²) >= 11 is 1.92. The van der Waals surface area contributed by atoms with E-state index in [4.69, 9.17) is 4.74 Å². The summed E-state index contributed by atoms with van der Waals surface area (Å²) in [6.45, 7) is 4.26. The molecule has 0 saturated carbocycles. The van der Waals surface area contributed by atoms with Crippen LogP contribution < -0.4 is 5.32 Å². The van der Waals surface area contributed by atoms with Crippen molar-refractivity contribution >= 4 is 11.8 Å². The van der Waals surface area contributed by atoms with Crippen molar-refractivity contribution in [1.29, 1.82) is 0 Å². The second-order valence-corrected chi connectivity index (χ2v) is 4.71. The molecule has 0 aromatic rings. The fourth-order valence-corrected chi connectivity index (χ4v) is 2.12. The van der Waals surface area contributed by atoms with Crippen LogP contribution in [0, 0.1) is 0 Å². The average molecular weight is 203 g/mol. The molecule has 0 spiro atoms. The summed E-state index contributed by atoms with van der Waals surface area (Å²) in [5.74, 6) is 1.25. The summed E-state index contributed by atoms with van der Waals surface area (Å²) in [7, 11) is 0. The lowest BCUT2D eigenvalue weighted by atomic mass is 10.2. The number of nitrogens with one attached hydrogen (secondary N) is 1. The molecule has 13 heavy (non-hydrogen) atoms. The lowest BCUT2D eigenvalue weighted by Gasteiger charge is -2.16. The van der Waals surface area contributed by atoms with Crippen LogP contribution in [0.3, 0.4) is 0 Å². The third kappa shape index (κ3) is 4.89. The lowest BCUT2D eigenvalue weighted by molar-refractivity contribution is 0.108. The molecule has 1 heterocycles. The van der Waals surface area contributed by atoms with Crippen molar-refractivity contribution in [2.24, 2.45) is 0 Å². The van der Waals surface area contributed by atoms with Crippen molar-refractivity contribution in [2.45, 2.75) is 38.3 Å². The van der Waals surface area contributed by atoms with Gasteiger partial charge in [-0.05, 0) is 38.2 Å². The van der Waals surface area contributed by atoms with Crippen LogP contribution in [0.5, 0.6) is 0 Å². The van der Waals surface area contributed by atoms with Crippen LogP contribution in [0.15, 0.2) is 0 Å². The van der Waals surface area contributed by atoms with Gasteiger partial charge >= 0.3 is 0 Å². The van der Waals surface area contributed by atoms with Gasteiger partial charge in [0.1, 0.15) is 0 Å². The molecule has 0 radical (unpaired) electrons. The van der Waals surface area contributed by atoms with Gasteiger partial charge < -0.3 is 10.1 Å². The molecule has 2 unspecified atom stereocenters. The normalized spacial score (nSPS) is 24.9. The predicted octanol–water partition coefficient (Wildman–Crippen LogP) is 1.90. The Morgan fingerprint density at radius 2 is 2.46 bits per heavy atom. The Bertz CT molecular complexity index is 126. The van der Waals surface area contributed by atoms with Crippen LogP contribution in [0.2, 0.25) is 0 Å². The smallest absolute Gasteiger partial charge is 0.0700 e. The van der Waals surface area contributed by atoms with E-state index in [1.54, 1.807) is 0 Å². The first-order chi connectivity index (χ1) is 6.33. The predicted molar refractivity (Wildman–Crippen MR) is 59.4 cm³/mol. The van der Waals surface area contributed by atoms with Gasteiger partial charge in [-0.2, -0.15) is 11.8 Å². The van der Waals surface area contributed by atoms with Gasteiger partial charge in [0.25, 0.3) is 0 Å². The molecule has 1 aliphatic rings. The zero-order valence-corrected chi connectivity index (χ0v) is 9.53. The zero-order chi connectivity index (χ0) is 9.52. The minimum atomic E-state index is 0.483. The minimum absolute atomic E-state index is 0.483. The van der Waals surface area contributed by atoms with E-state index in [9.17, 15) is 0 Å². The Morgan fingerprint density at radius 1 is 1.62 bits per heavy atom. The van der Waals surface area contributed by atoms with Gasteiger partial charge in [0.15, 0.2) is 0 Å². The summed E-state index contributed by atoms with van der Waals surface area (Å²) < 4.78 is 5.54. The van der Waals surface area contributed by atoms with Crippen LogP contribution in [0.25, 0.3) is 0 Å². The molecule has 0 aromatic heterocycles. The molecule has 0 aliphatic carbocycles. The molecule has 2 nitrogen and oxygen atoms in total. The summed E-state index contributed by atoms with van der Waals surface area (Å²) in [6, 6.07) is 0.636. The minimum Gasteiger partial charge on any atom is -0.377 e. The monoisotopic (exact) mass is 203 g/mol. The fourth-order valence-electron chi connectivity index (χ4n) is 1.53. The lowest BCUT2D eigenvalue weighted by Crippen LogP contribution is -2.33. The molecule has 1 fully saturated rings. The molecular formula is C10H21NOS. The van der Waals surface area contributed by atoms with Crippen LogP contribution in [-0.2, 0) is 4.74 Å². The highest BCUT2D eigenvalue weighted by Gasteiger charge is 2.15. The van der Waals surface area contributed by atoms with E-state index in [1.165, 1.54) is 25.0 Å². The van der Waals surface area contributed by atoms with Crippen molar-refractivity contribution in [1.82, 2.24) is 5.32 Å². The van der Waals surface area contributed by atoms with Crippen molar-refractivity contribution in [2.75, 3.05) is 25.2 Å². The van der Waals surface area contributed by atoms with Crippen molar-refractivity contribution in [3.63, 3.8) is 0 Å². The quantitative estimate of drug-likeness (QED) is 0.712. The first-order valence-electron chi connectivity index (χ1n) is 5.17. The third-order valence-corrected chi connectivity index (χ3v) is 3.12. The van der Waals surface area contributed by atoms with Crippen LogP contribution in [-0.4, -0.2) is 37.3 Å². The molecule has 1 saturated heterocycles. The molecule has 3 heteroatoms. The van der Waals surface area contributed by atoms with Crippen LogP contribution >= 0.6 is 11.8 Å².